The summed E-state index contributed by atoms with van der Waals surface area (Å²) in [5, 5.41) is 0. The molecule has 0 aliphatic heterocycles. The maximum absolute atomic E-state index is 11.8. The van der Waals surface area contributed by atoms with Crippen LogP contribution in [-0.4, -0.2) is 23.1 Å². The molecule has 0 aromatic heterocycles. The van der Waals surface area contributed by atoms with Crippen LogP contribution in [0, 0.1) is 11.3 Å². The minimum absolute atomic E-state index is 0.0347. The summed E-state index contributed by atoms with van der Waals surface area (Å²) in [4.78, 5) is 47.0. The van der Waals surface area contributed by atoms with Crippen molar-refractivity contribution in [3.8, 4) is 0 Å². The summed E-state index contributed by atoms with van der Waals surface area (Å²) in [5.41, 5.74) is -0.704. The first-order valence-corrected chi connectivity index (χ1v) is 8.10. The van der Waals surface area contributed by atoms with Gasteiger partial charge in [0.25, 0.3) is 0 Å². The molecule has 0 rings (SSSR count). The van der Waals surface area contributed by atoms with Crippen molar-refractivity contribution in [2.24, 2.45) is 11.3 Å². The van der Waals surface area contributed by atoms with Gasteiger partial charge in [-0.1, -0.05) is 19.8 Å². The predicted molar refractivity (Wildman–Crippen MR) is 86.6 cm³/mol. The molecule has 0 N–H and O–H groups in total. The van der Waals surface area contributed by atoms with E-state index in [1.807, 2.05) is 0 Å². The fraction of sp³-hybridized carbons (Fsp3) is 0.778. The van der Waals surface area contributed by atoms with Gasteiger partial charge in [-0.05, 0) is 45.4 Å². The third kappa shape index (κ3) is 7.62. The molecule has 0 amide bonds. The van der Waals surface area contributed by atoms with Gasteiger partial charge in [0.1, 0.15) is 23.1 Å². The van der Waals surface area contributed by atoms with E-state index >= 15 is 0 Å². The lowest BCUT2D eigenvalue weighted by atomic mass is 9.63. The Morgan fingerprint density at radius 1 is 0.773 bits per heavy atom. The normalized spacial score (nSPS) is 12.8. The van der Waals surface area contributed by atoms with E-state index in [2.05, 4.69) is 6.92 Å². The smallest absolute Gasteiger partial charge is 0.130 e. The van der Waals surface area contributed by atoms with E-state index in [1.54, 1.807) is 0 Å². The zero-order valence-electron chi connectivity index (χ0n) is 14.7. The lowest BCUT2D eigenvalue weighted by molar-refractivity contribution is -0.131. The molecule has 126 valence electrons. The SMILES string of the molecule is CCCCC(CC(C)=O)C(CC(C)=O)(CC(C)=O)CC(C)=O. The molecule has 4 heteroatoms. The summed E-state index contributed by atoms with van der Waals surface area (Å²) < 4.78 is 0. The highest BCUT2D eigenvalue weighted by molar-refractivity contribution is 5.84. The number of hydrogen-bond donors (Lipinski definition) is 0. The number of hydrogen-bond acceptors (Lipinski definition) is 4. The third-order valence-electron chi connectivity index (χ3n) is 4.11. The highest BCUT2D eigenvalue weighted by atomic mass is 16.1. The van der Waals surface area contributed by atoms with Crippen molar-refractivity contribution >= 4 is 23.1 Å². The molecule has 0 radical (unpaired) electrons. The van der Waals surface area contributed by atoms with Crippen LogP contribution in [0.15, 0.2) is 0 Å². The van der Waals surface area contributed by atoms with Gasteiger partial charge in [0.2, 0.25) is 0 Å². The van der Waals surface area contributed by atoms with Crippen LogP contribution in [0.3, 0.4) is 0 Å². The molecule has 0 spiro atoms. The molecule has 0 saturated carbocycles. The molecular formula is C18H30O4. The molecular weight excluding hydrogens is 280 g/mol. The Morgan fingerprint density at radius 2 is 1.18 bits per heavy atom. The van der Waals surface area contributed by atoms with Crippen molar-refractivity contribution < 1.29 is 19.2 Å². The number of carbonyl (C=O) groups is 4. The van der Waals surface area contributed by atoms with E-state index in [4.69, 9.17) is 0 Å². The first-order chi connectivity index (χ1) is 10.1. The van der Waals surface area contributed by atoms with Crippen molar-refractivity contribution in [2.45, 2.75) is 79.6 Å². The minimum Gasteiger partial charge on any atom is -0.300 e. The van der Waals surface area contributed by atoms with Gasteiger partial charge < -0.3 is 19.2 Å². The first-order valence-electron chi connectivity index (χ1n) is 8.10. The number of carbonyl (C=O) groups excluding carboxylic acids is 4. The molecule has 0 aromatic carbocycles. The fourth-order valence-corrected chi connectivity index (χ4v) is 3.53. The zero-order chi connectivity index (χ0) is 17.3. The van der Waals surface area contributed by atoms with E-state index in [0.29, 0.717) is 6.42 Å². The van der Waals surface area contributed by atoms with Crippen LogP contribution in [0.25, 0.3) is 0 Å². The van der Waals surface area contributed by atoms with Crippen LogP contribution in [0.5, 0.6) is 0 Å². The molecule has 0 fully saturated rings. The second-order valence-corrected chi connectivity index (χ2v) is 6.74. The van der Waals surface area contributed by atoms with Gasteiger partial charge >= 0.3 is 0 Å². The number of ketones is 4. The molecule has 22 heavy (non-hydrogen) atoms. The Morgan fingerprint density at radius 3 is 1.45 bits per heavy atom. The van der Waals surface area contributed by atoms with Gasteiger partial charge in [0, 0.05) is 25.7 Å². The van der Waals surface area contributed by atoms with E-state index in [0.717, 1.165) is 19.3 Å². The number of Topliss-reactive ketones (excluding diaryl/α,β-unsaturated/α-hetero) is 4. The van der Waals surface area contributed by atoms with E-state index in [9.17, 15) is 19.2 Å². The second-order valence-electron chi connectivity index (χ2n) is 6.74. The number of unbranched alkanes of at least 4 members (excludes halogenated alkanes) is 1. The maximum Gasteiger partial charge on any atom is 0.130 e. The van der Waals surface area contributed by atoms with Crippen molar-refractivity contribution in [3.05, 3.63) is 0 Å². The average molecular weight is 310 g/mol. The van der Waals surface area contributed by atoms with Crippen molar-refractivity contribution in [3.63, 3.8) is 0 Å². The van der Waals surface area contributed by atoms with E-state index in [-0.39, 0.29) is 48.3 Å². The van der Waals surface area contributed by atoms with Crippen molar-refractivity contribution in [2.75, 3.05) is 0 Å². The van der Waals surface area contributed by atoms with Gasteiger partial charge in [-0.25, -0.2) is 0 Å². The molecule has 1 atom stereocenters. The summed E-state index contributed by atoms with van der Waals surface area (Å²) >= 11 is 0. The Balaban J connectivity index is 5.73. The standard InChI is InChI=1S/C18H30O4/c1-6-7-8-17(9-13(2)19)18(10-14(3)20,11-15(4)21)12-16(5)22/h17H,6-12H2,1-5H3. The topological polar surface area (TPSA) is 68.3 Å². The predicted octanol–water partition coefficient (Wildman–Crippen LogP) is 3.70. The first kappa shape index (κ1) is 20.7. The monoisotopic (exact) mass is 310 g/mol. The summed E-state index contributed by atoms with van der Waals surface area (Å²) in [5.74, 6) is -0.157. The maximum atomic E-state index is 11.8. The van der Waals surface area contributed by atoms with Gasteiger partial charge in [-0.2, -0.15) is 0 Å². The molecule has 1 unspecified atom stereocenters. The molecule has 0 heterocycles. The van der Waals surface area contributed by atoms with Crippen LogP contribution >= 0.6 is 0 Å². The van der Waals surface area contributed by atoms with Gasteiger partial charge in [0.15, 0.2) is 0 Å². The Kier molecular flexibility index (Phi) is 9.07. The van der Waals surface area contributed by atoms with Crippen molar-refractivity contribution in [1.82, 2.24) is 0 Å². The van der Waals surface area contributed by atoms with Crippen LogP contribution in [0.4, 0.5) is 0 Å². The fourth-order valence-electron chi connectivity index (χ4n) is 3.53. The summed E-state index contributed by atoms with van der Waals surface area (Å²) in [6.45, 7) is 8.05. The summed E-state index contributed by atoms with van der Waals surface area (Å²) in [6.07, 6.45) is 3.56. The summed E-state index contributed by atoms with van der Waals surface area (Å²) in [7, 11) is 0. The minimum atomic E-state index is -0.704. The highest BCUT2D eigenvalue weighted by Gasteiger charge is 2.41. The molecule has 4 nitrogen and oxygen atoms in total. The van der Waals surface area contributed by atoms with E-state index in [1.165, 1.54) is 27.7 Å². The number of rotatable bonds is 12. The Hall–Kier alpha value is -1.32. The van der Waals surface area contributed by atoms with Gasteiger partial charge in [-0.15, -0.1) is 0 Å². The van der Waals surface area contributed by atoms with Gasteiger partial charge in [-0.3, -0.25) is 0 Å². The molecule has 0 bridgehead atoms. The molecule has 0 aliphatic rings. The van der Waals surface area contributed by atoms with Gasteiger partial charge in [0.05, 0.1) is 0 Å². The van der Waals surface area contributed by atoms with Crippen molar-refractivity contribution in [1.29, 1.82) is 0 Å². The molecule has 0 aliphatic carbocycles. The molecule has 0 aromatic rings. The second kappa shape index (κ2) is 9.65. The largest absolute Gasteiger partial charge is 0.300 e. The average Bonchev–Trinajstić information content (AvgIpc) is 2.30. The van der Waals surface area contributed by atoms with E-state index < -0.39 is 5.41 Å². The van der Waals surface area contributed by atoms with Crippen LogP contribution in [-0.2, 0) is 19.2 Å². The lowest BCUT2D eigenvalue weighted by Gasteiger charge is -2.39. The Labute approximate surface area is 134 Å². The van der Waals surface area contributed by atoms with Crippen LogP contribution in [0.1, 0.15) is 79.6 Å². The zero-order valence-corrected chi connectivity index (χ0v) is 14.7. The lowest BCUT2D eigenvalue weighted by Crippen LogP contribution is -2.37. The van der Waals surface area contributed by atoms with Crippen LogP contribution in [0.2, 0.25) is 0 Å². The quantitative estimate of drug-likeness (QED) is 0.551. The third-order valence-corrected chi connectivity index (χ3v) is 4.11. The Bertz CT molecular complexity index is 382. The van der Waals surface area contributed by atoms with Crippen LogP contribution < -0.4 is 0 Å². The summed E-state index contributed by atoms with van der Waals surface area (Å²) in [6, 6.07) is 0. The molecule has 0 saturated heterocycles. The highest BCUT2D eigenvalue weighted by Crippen LogP contribution is 2.44.